The second kappa shape index (κ2) is 6.04. The van der Waals surface area contributed by atoms with Crippen LogP contribution in [-0.2, 0) is 6.54 Å². The van der Waals surface area contributed by atoms with Crippen molar-refractivity contribution in [1.29, 1.82) is 0 Å². The molecule has 1 fully saturated rings. The van der Waals surface area contributed by atoms with Gasteiger partial charge >= 0.3 is 0 Å². The zero-order chi connectivity index (χ0) is 15.6. The van der Waals surface area contributed by atoms with Crippen molar-refractivity contribution >= 4 is 17.2 Å². The van der Waals surface area contributed by atoms with Crippen molar-refractivity contribution in [2.45, 2.75) is 25.3 Å². The van der Waals surface area contributed by atoms with E-state index in [1.54, 1.807) is 23.5 Å². The van der Waals surface area contributed by atoms with Gasteiger partial charge in [-0.1, -0.05) is 0 Å². The molecule has 0 radical (unpaired) electrons. The molecule has 3 heterocycles. The van der Waals surface area contributed by atoms with Crippen LogP contribution < -0.4 is 5.32 Å². The first-order valence-electron chi connectivity index (χ1n) is 7.73. The second-order valence-electron chi connectivity index (χ2n) is 5.70. The Hall–Kier alpha value is -2.34. The maximum atomic E-state index is 11.9. The van der Waals surface area contributed by atoms with E-state index in [9.17, 15) is 4.79 Å². The largest absolute Gasteiger partial charge is 0.459 e. The van der Waals surface area contributed by atoms with Gasteiger partial charge in [0, 0.05) is 29.1 Å². The Morgan fingerprint density at radius 2 is 2.35 bits per heavy atom. The molecule has 118 valence electrons. The van der Waals surface area contributed by atoms with Gasteiger partial charge in [0.1, 0.15) is 0 Å². The Balaban J connectivity index is 1.44. The minimum Gasteiger partial charge on any atom is -0.459 e. The van der Waals surface area contributed by atoms with Gasteiger partial charge < -0.3 is 9.73 Å². The van der Waals surface area contributed by atoms with E-state index in [0.717, 1.165) is 11.3 Å². The number of carbonyl (C=O) groups excluding carboxylic acids is 1. The van der Waals surface area contributed by atoms with Gasteiger partial charge in [0.2, 0.25) is 0 Å². The van der Waals surface area contributed by atoms with Crippen molar-refractivity contribution in [3.8, 4) is 11.3 Å². The summed E-state index contributed by atoms with van der Waals surface area (Å²) < 4.78 is 7.12. The maximum Gasteiger partial charge on any atom is 0.287 e. The van der Waals surface area contributed by atoms with Gasteiger partial charge in [0.25, 0.3) is 5.91 Å². The van der Waals surface area contributed by atoms with Crippen LogP contribution in [0.5, 0.6) is 0 Å². The number of nitrogens with one attached hydrogen (secondary N) is 1. The summed E-state index contributed by atoms with van der Waals surface area (Å²) >= 11 is 1.68. The molecule has 1 N–H and O–H groups in total. The summed E-state index contributed by atoms with van der Waals surface area (Å²) in [7, 11) is 0. The van der Waals surface area contributed by atoms with Crippen LogP contribution in [0.2, 0.25) is 0 Å². The zero-order valence-electron chi connectivity index (χ0n) is 12.6. The third-order valence-corrected chi connectivity index (χ3v) is 4.66. The summed E-state index contributed by atoms with van der Waals surface area (Å²) in [6.07, 6.45) is 3.96. The summed E-state index contributed by atoms with van der Waals surface area (Å²) in [5.41, 5.74) is 3.46. The SMILES string of the molecule is O=C(NCCn1nc(-c2ccsc2)cc1C1CC1)c1ccco1. The topological polar surface area (TPSA) is 60.1 Å². The van der Waals surface area contributed by atoms with E-state index in [1.807, 2.05) is 4.68 Å². The first-order valence-corrected chi connectivity index (χ1v) is 8.67. The van der Waals surface area contributed by atoms with Crippen LogP contribution in [0, 0.1) is 0 Å². The lowest BCUT2D eigenvalue weighted by atomic mass is 10.2. The Bertz CT molecular complexity index is 786. The lowest BCUT2D eigenvalue weighted by Gasteiger charge is -2.07. The normalized spacial score (nSPS) is 14.1. The molecule has 1 aliphatic carbocycles. The molecule has 0 atom stereocenters. The first-order chi connectivity index (χ1) is 11.3. The van der Waals surface area contributed by atoms with Gasteiger partial charge in [-0.05, 0) is 42.5 Å². The van der Waals surface area contributed by atoms with Crippen molar-refractivity contribution in [2.75, 3.05) is 6.54 Å². The third kappa shape index (κ3) is 3.07. The highest BCUT2D eigenvalue weighted by molar-refractivity contribution is 7.08. The Kier molecular flexibility index (Phi) is 3.75. The second-order valence-corrected chi connectivity index (χ2v) is 6.48. The fourth-order valence-corrected chi connectivity index (χ4v) is 3.29. The highest BCUT2D eigenvalue weighted by Gasteiger charge is 2.28. The van der Waals surface area contributed by atoms with Gasteiger partial charge in [-0.2, -0.15) is 16.4 Å². The van der Waals surface area contributed by atoms with Crippen LogP contribution in [0.3, 0.4) is 0 Å². The summed E-state index contributed by atoms with van der Waals surface area (Å²) in [5, 5.41) is 11.8. The van der Waals surface area contributed by atoms with Crippen molar-refractivity contribution in [3.63, 3.8) is 0 Å². The van der Waals surface area contributed by atoms with Gasteiger partial charge in [0.05, 0.1) is 18.5 Å². The Labute approximate surface area is 137 Å². The van der Waals surface area contributed by atoms with Crippen molar-refractivity contribution in [3.05, 3.63) is 52.7 Å². The molecule has 0 aliphatic heterocycles. The van der Waals surface area contributed by atoms with Crippen LogP contribution in [0.15, 0.2) is 45.7 Å². The third-order valence-electron chi connectivity index (χ3n) is 3.98. The monoisotopic (exact) mass is 327 g/mol. The molecule has 0 aromatic carbocycles. The molecule has 0 saturated heterocycles. The fourth-order valence-electron chi connectivity index (χ4n) is 2.64. The minimum atomic E-state index is -0.187. The molecule has 4 rings (SSSR count). The fraction of sp³-hybridized carbons (Fsp3) is 0.294. The molecule has 23 heavy (non-hydrogen) atoms. The summed E-state index contributed by atoms with van der Waals surface area (Å²) in [6.45, 7) is 1.20. The number of nitrogens with zero attached hydrogens (tertiary/aromatic N) is 2. The van der Waals surface area contributed by atoms with E-state index in [0.29, 0.717) is 24.8 Å². The van der Waals surface area contributed by atoms with Crippen molar-refractivity contribution in [1.82, 2.24) is 15.1 Å². The van der Waals surface area contributed by atoms with E-state index < -0.39 is 0 Å². The van der Waals surface area contributed by atoms with Crippen LogP contribution in [-0.4, -0.2) is 22.2 Å². The van der Waals surface area contributed by atoms with Crippen molar-refractivity contribution in [2.24, 2.45) is 0 Å². The molecular formula is C17H17N3O2S. The molecule has 0 unspecified atom stereocenters. The predicted octanol–water partition coefficient (Wildman–Crippen LogP) is 3.51. The maximum absolute atomic E-state index is 11.9. The van der Waals surface area contributed by atoms with Crippen LogP contribution in [0.4, 0.5) is 0 Å². The summed E-state index contributed by atoms with van der Waals surface area (Å²) in [4.78, 5) is 11.9. The van der Waals surface area contributed by atoms with Gasteiger partial charge in [-0.25, -0.2) is 0 Å². The van der Waals surface area contributed by atoms with Gasteiger partial charge in [0.15, 0.2) is 5.76 Å². The number of carbonyl (C=O) groups is 1. The van der Waals surface area contributed by atoms with E-state index in [4.69, 9.17) is 9.52 Å². The number of aromatic nitrogens is 2. The highest BCUT2D eigenvalue weighted by Crippen LogP contribution is 2.41. The molecule has 1 aliphatic rings. The number of hydrogen-bond acceptors (Lipinski definition) is 4. The molecule has 5 nitrogen and oxygen atoms in total. The molecule has 6 heteroatoms. The number of furan rings is 1. The Morgan fingerprint density at radius 3 is 3.04 bits per heavy atom. The van der Waals surface area contributed by atoms with Crippen LogP contribution in [0.25, 0.3) is 11.3 Å². The molecular weight excluding hydrogens is 310 g/mol. The molecule has 3 aromatic heterocycles. The molecule has 0 bridgehead atoms. The van der Waals surface area contributed by atoms with Gasteiger partial charge in [-0.3, -0.25) is 9.48 Å². The average Bonchev–Trinajstić information content (AvgIpc) is 3.05. The smallest absolute Gasteiger partial charge is 0.287 e. The number of rotatable bonds is 6. The van der Waals surface area contributed by atoms with Crippen LogP contribution >= 0.6 is 11.3 Å². The zero-order valence-corrected chi connectivity index (χ0v) is 13.4. The molecule has 1 amide bonds. The Morgan fingerprint density at radius 1 is 1.43 bits per heavy atom. The standard InChI is InChI=1S/C17H17N3O2S/c21-17(16-2-1-8-22-16)18-6-7-20-15(12-3-4-12)10-14(19-20)13-5-9-23-11-13/h1-2,5,8-12H,3-4,6-7H2,(H,18,21). The van der Waals surface area contributed by atoms with Crippen molar-refractivity contribution < 1.29 is 9.21 Å². The van der Waals surface area contributed by atoms with E-state index in [-0.39, 0.29) is 5.91 Å². The molecule has 1 saturated carbocycles. The number of thiophene rings is 1. The summed E-state index contributed by atoms with van der Waals surface area (Å²) in [5.74, 6) is 0.774. The van der Waals surface area contributed by atoms with Gasteiger partial charge in [-0.15, -0.1) is 0 Å². The number of hydrogen-bond donors (Lipinski definition) is 1. The lowest BCUT2D eigenvalue weighted by Crippen LogP contribution is -2.27. The average molecular weight is 327 g/mol. The highest BCUT2D eigenvalue weighted by atomic mass is 32.1. The van der Waals surface area contributed by atoms with Crippen LogP contribution in [0.1, 0.15) is 35.0 Å². The predicted molar refractivity (Wildman–Crippen MR) is 88.6 cm³/mol. The molecule has 3 aromatic rings. The molecule has 0 spiro atoms. The first kappa shape index (κ1) is 14.3. The van der Waals surface area contributed by atoms with E-state index >= 15 is 0 Å². The number of amides is 1. The van der Waals surface area contributed by atoms with E-state index in [2.05, 4.69) is 28.2 Å². The quantitative estimate of drug-likeness (QED) is 0.753. The summed E-state index contributed by atoms with van der Waals surface area (Å²) in [6, 6.07) is 7.65. The minimum absolute atomic E-state index is 0.187. The van der Waals surface area contributed by atoms with E-state index in [1.165, 1.54) is 24.8 Å². The lowest BCUT2D eigenvalue weighted by molar-refractivity contribution is 0.0924.